The average molecular weight is 260 g/mol. The second-order valence-electron chi connectivity index (χ2n) is 5.50. The highest BCUT2D eigenvalue weighted by Gasteiger charge is 2.36. The molecule has 1 fully saturated rings. The first kappa shape index (κ1) is 12.5. The maximum atomic E-state index is 12.6. The van der Waals surface area contributed by atoms with Gasteiger partial charge in [0.25, 0.3) is 5.91 Å². The fraction of sp³-hybridized carbons (Fsp3) is 0.533. The lowest BCUT2D eigenvalue weighted by Gasteiger charge is -2.32. The van der Waals surface area contributed by atoms with Crippen molar-refractivity contribution < 1.29 is 9.53 Å². The van der Waals surface area contributed by atoms with Gasteiger partial charge in [0, 0.05) is 24.5 Å². The number of nitrogens with two attached hydrogens (primary N) is 1. The monoisotopic (exact) mass is 260 g/mol. The molecule has 2 heterocycles. The van der Waals surface area contributed by atoms with E-state index in [-0.39, 0.29) is 12.0 Å². The van der Waals surface area contributed by atoms with Gasteiger partial charge in [0.05, 0.1) is 0 Å². The zero-order valence-corrected chi connectivity index (χ0v) is 11.3. The van der Waals surface area contributed by atoms with Gasteiger partial charge in [-0.1, -0.05) is 13.0 Å². The quantitative estimate of drug-likeness (QED) is 0.785. The van der Waals surface area contributed by atoms with Crippen LogP contribution in [0.5, 0.6) is 0 Å². The predicted molar refractivity (Wildman–Crippen MR) is 75.0 cm³/mol. The summed E-state index contributed by atoms with van der Waals surface area (Å²) in [5.74, 6) is 0.399. The smallest absolute Gasteiger partial charge is 0.256 e. The van der Waals surface area contributed by atoms with E-state index in [2.05, 4.69) is 6.92 Å². The van der Waals surface area contributed by atoms with Gasteiger partial charge in [0.2, 0.25) is 0 Å². The Morgan fingerprint density at radius 1 is 1.47 bits per heavy atom. The van der Waals surface area contributed by atoms with Crippen molar-refractivity contribution in [2.45, 2.75) is 32.3 Å². The van der Waals surface area contributed by atoms with Crippen LogP contribution in [0.3, 0.4) is 0 Å². The van der Waals surface area contributed by atoms with Crippen molar-refractivity contribution in [3.8, 4) is 0 Å². The molecule has 3 rings (SSSR count). The first-order valence-electron chi connectivity index (χ1n) is 6.99. The van der Waals surface area contributed by atoms with E-state index < -0.39 is 0 Å². The molecular weight excluding hydrogens is 240 g/mol. The van der Waals surface area contributed by atoms with E-state index in [1.165, 1.54) is 0 Å². The Morgan fingerprint density at radius 2 is 2.32 bits per heavy atom. The number of nitrogen functional groups attached to an aromatic ring is 1. The number of rotatable bonds is 1. The molecule has 4 nitrogen and oxygen atoms in total. The van der Waals surface area contributed by atoms with E-state index >= 15 is 0 Å². The summed E-state index contributed by atoms with van der Waals surface area (Å²) in [6.45, 7) is 3.54. The summed E-state index contributed by atoms with van der Waals surface area (Å²) >= 11 is 0. The number of fused-ring (bicyclic) bond motifs is 1. The van der Waals surface area contributed by atoms with Gasteiger partial charge in [-0.3, -0.25) is 4.79 Å². The molecule has 4 heteroatoms. The van der Waals surface area contributed by atoms with Crippen LogP contribution >= 0.6 is 0 Å². The Bertz CT molecular complexity index is 501. The van der Waals surface area contributed by atoms with Crippen molar-refractivity contribution in [2.24, 2.45) is 5.92 Å². The molecule has 0 radical (unpaired) electrons. The molecule has 2 aliphatic rings. The third kappa shape index (κ3) is 2.10. The van der Waals surface area contributed by atoms with Gasteiger partial charge < -0.3 is 15.4 Å². The molecule has 1 saturated heterocycles. The number of anilines is 2. The van der Waals surface area contributed by atoms with Crippen molar-refractivity contribution in [3.05, 3.63) is 23.8 Å². The first-order chi connectivity index (χ1) is 9.18. The number of nitrogens with zero attached hydrogens (tertiary/aromatic N) is 1. The SMILES string of the molecule is CC1CCOC1C(=O)N1CCCc2c(N)cccc21. The van der Waals surface area contributed by atoms with Crippen LogP contribution in [0.4, 0.5) is 11.4 Å². The second-order valence-corrected chi connectivity index (χ2v) is 5.50. The molecule has 1 aromatic rings. The minimum Gasteiger partial charge on any atom is -0.398 e. The zero-order valence-electron chi connectivity index (χ0n) is 11.3. The highest BCUT2D eigenvalue weighted by molar-refractivity contribution is 5.98. The van der Waals surface area contributed by atoms with Crippen LogP contribution in [-0.2, 0) is 16.0 Å². The molecular formula is C15H20N2O2. The lowest BCUT2D eigenvalue weighted by atomic mass is 9.97. The lowest BCUT2D eigenvalue weighted by Crippen LogP contribution is -2.44. The van der Waals surface area contributed by atoms with Crippen molar-refractivity contribution >= 4 is 17.3 Å². The van der Waals surface area contributed by atoms with Crippen molar-refractivity contribution in [3.63, 3.8) is 0 Å². The van der Waals surface area contributed by atoms with Gasteiger partial charge in [-0.2, -0.15) is 0 Å². The minimum absolute atomic E-state index is 0.0940. The van der Waals surface area contributed by atoms with Crippen molar-refractivity contribution in [1.82, 2.24) is 0 Å². The van der Waals surface area contributed by atoms with Gasteiger partial charge in [-0.25, -0.2) is 0 Å². The Morgan fingerprint density at radius 3 is 3.05 bits per heavy atom. The summed E-state index contributed by atoms with van der Waals surface area (Å²) in [5.41, 5.74) is 8.88. The van der Waals surface area contributed by atoms with Crippen LogP contribution in [0, 0.1) is 5.92 Å². The van der Waals surface area contributed by atoms with Gasteiger partial charge in [-0.05, 0) is 42.9 Å². The summed E-state index contributed by atoms with van der Waals surface area (Å²) in [4.78, 5) is 14.5. The summed E-state index contributed by atoms with van der Waals surface area (Å²) in [7, 11) is 0. The minimum atomic E-state index is -0.285. The third-order valence-corrected chi connectivity index (χ3v) is 4.18. The maximum Gasteiger partial charge on any atom is 0.256 e. The number of ether oxygens (including phenoxy) is 1. The second kappa shape index (κ2) is 4.85. The highest BCUT2D eigenvalue weighted by atomic mass is 16.5. The van der Waals surface area contributed by atoms with E-state index in [9.17, 15) is 4.79 Å². The van der Waals surface area contributed by atoms with Gasteiger partial charge >= 0.3 is 0 Å². The molecule has 0 spiro atoms. The number of hydrogen-bond donors (Lipinski definition) is 1. The molecule has 19 heavy (non-hydrogen) atoms. The molecule has 102 valence electrons. The van der Waals surface area contributed by atoms with E-state index in [0.717, 1.165) is 42.7 Å². The fourth-order valence-corrected chi connectivity index (χ4v) is 3.05. The molecule has 2 atom stereocenters. The summed E-state index contributed by atoms with van der Waals surface area (Å²) in [6, 6.07) is 5.81. The van der Waals surface area contributed by atoms with E-state index in [4.69, 9.17) is 10.5 Å². The van der Waals surface area contributed by atoms with E-state index in [1.807, 2.05) is 23.1 Å². The first-order valence-corrected chi connectivity index (χ1v) is 6.99. The number of amides is 1. The number of carbonyl (C=O) groups is 1. The Hall–Kier alpha value is -1.55. The van der Waals surface area contributed by atoms with Crippen molar-refractivity contribution in [2.75, 3.05) is 23.8 Å². The number of carbonyl (C=O) groups excluding carboxylic acids is 1. The summed E-state index contributed by atoms with van der Waals surface area (Å²) < 4.78 is 5.60. The van der Waals surface area contributed by atoms with Crippen LogP contribution in [0.2, 0.25) is 0 Å². The Kier molecular flexibility index (Phi) is 3.19. The highest BCUT2D eigenvalue weighted by Crippen LogP contribution is 2.33. The molecule has 0 aliphatic carbocycles. The lowest BCUT2D eigenvalue weighted by molar-refractivity contribution is -0.128. The Balaban J connectivity index is 1.91. The van der Waals surface area contributed by atoms with Crippen LogP contribution < -0.4 is 10.6 Å². The average Bonchev–Trinajstić information content (AvgIpc) is 2.84. The molecule has 0 saturated carbocycles. The van der Waals surface area contributed by atoms with Gasteiger partial charge in [0.1, 0.15) is 6.10 Å². The molecule has 1 aromatic carbocycles. The Labute approximate surface area is 113 Å². The van der Waals surface area contributed by atoms with Gasteiger partial charge in [0.15, 0.2) is 0 Å². The fourth-order valence-electron chi connectivity index (χ4n) is 3.05. The topological polar surface area (TPSA) is 55.6 Å². The van der Waals surface area contributed by atoms with Crippen molar-refractivity contribution in [1.29, 1.82) is 0 Å². The molecule has 0 bridgehead atoms. The standard InChI is InChI=1S/C15H20N2O2/c1-10-7-9-19-14(10)15(18)17-8-3-4-11-12(16)5-2-6-13(11)17/h2,5-6,10,14H,3-4,7-9,16H2,1H3. The largest absolute Gasteiger partial charge is 0.398 e. The number of benzene rings is 1. The molecule has 1 amide bonds. The molecule has 2 aliphatic heterocycles. The molecule has 2 N–H and O–H groups in total. The molecule has 2 unspecified atom stereocenters. The van der Waals surface area contributed by atoms with Crippen LogP contribution in [0.15, 0.2) is 18.2 Å². The number of hydrogen-bond acceptors (Lipinski definition) is 3. The normalized spacial score (nSPS) is 26.3. The summed E-state index contributed by atoms with van der Waals surface area (Å²) in [5, 5.41) is 0. The van der Waals surface area contributed by atoms with Crippen LogP contribution in [0.25, 0.3) is 0 Å². The van der Waals surface area contributed by atoms with E-state index in [0.29, 0.717) is 12.5 Å². The van der Waals surface area contributed by atoms with Crippen LogP contribution in [-0.4, -0.2) is 25.2 Å². The summed E-state index contributed by atoms with van der Waals surface area (Å²) in [6.07, 6.45) is 2.60. The zero-order chi connectivity index (χ0) is 13.4. The third-order valence-electron chi connectivity index (χ3n) is 4.18. The van der Waals surface area contributed by atoms with Crippen LogP contribution in [0.1, 0.15) is 25.3 Å². The van der Waals surface area contributed by atoms with Gasteiger partial charge in [-0.15, -0.1) is 0 Å². The predicted octanol–water partition coefficient (Wildman–Crippen LogP) is 1.97. The maximum absolute atomic E-state index is 12.6. The van der Waals surface area contributed by atoms with E-state index in [1.54, 1.807) is 0 Å². The molecule has 0 aromatic heterocycles.